The van der Waals surface area contributed by atoms with Crippen molar-refractivity contribution in [3.8, 4) is 77.9 Å². The minimum atomic E-state index is 0.709. The summed E-state index contributed by atoms with van der Waals surface area (Å²) >= 11 is 0. The van der Waals surface area contributed by atoms with Crippen molar-refractivity contribution in [3.63, 3.8) is 0 Å². The van der Waals surface area contributed by atoms with E-state index in [4.69, 9.17) is 0 Å². The SMILES string of the molecule is CC.CC.CCC(C)c1ccccc1.Cc1ccccc1-c1cc(-c2ccc(-c3ccc(-c4ccc5c(c4)c4cc(-c6ccc(-c7ccc(-c8ccc(N(c9ccccc9)c9ccccc9)cc8)cc7)cc6)ccc4n5C)cc3)cc2)ccc1C. The molecule has 0 bridgehead atoms. The summed E-state index contributed by atoms with van der Waals surface area (Å²) in [5, 5.41) is 2.53. The molecule has 0 radical (unpaired) electrons. The zero-order valence-electron chi connectivity index (χ0n) is 50.9. The van der Waals surface area contributed by atoms with Gasteiger partial charge in [0.2, 0.25) is 0 Å². The summed E-state index contributed by atoms with van der Waals surface area (Å²) < 4.78 is 2.32. The lowest BCUT2D eigenvalue weighted by atomic mass is 9.92. The van der Waals surface area contributed by atoms with Crippen molar-refractivity contribution in [2.75, 3.05) is 4.90 Å². The lowest BCUT2D eigenvalue weighted by Crippen LogP contribution is -2.09. The fraction of sp³-hybridized carbons (Fsp3) is 0.133. The van der Waals surface area contributed by atoms with Crippen molar-refractivity contribution in [3.05, 3.63) is 308 Å². The number of hydrogen-bond acceptors (Lipinski definition) is 1. The van der Waals surface area contributed by atoms with Crippen LogP contribution >= 0.6 is 0 Å². The second-order valence-electron chi connectivity index (χ2n) is 21.5. The maximum Gasteiger partial charge on any atom is 0.0489 e. The van der Waals surface area contributed by atoms with Gasteiger partial charge in [0.15, 0.2) is 0 Å². The van der Waals surface area contributed by atoms with Crippen LogP contribution in [0.15, 0.2) is 291 Å². The highest BCUT2D eigenvalue weighted by Gasteiger charge is 2.15. The number of fused-ring (bicyclic) bond motifs is 3. The summed E-state index contributed by atoms with van der Waals surface area (Å²) in [4.78, 5) is 2.29. The predicted molar refractivity (Wildman–Crippen MR) is 370 cm³/mol. The van der Waals surface area contributed by atoms with Crippen LogP contribution in [0.4, 0.5) is 17.1 Å². The first-order valence-electron chi connectivity index (χ1n) is 30.4. The second-order valence-corrected chi connectivity index (χ2v) is 21.5. The van der Waals surface area contributed by atoms with Crippen LogP contribution in [0.3, 0.4) is 0 Å². The molecule has 12 aromatic carbocycles. The Balaban J connectivity index is 0.000000514. The van der Waals surface area contributed by atoms with Gasteiger partial charge in [-0.15, -0.1) is 0 Å². The third-order valence-corrected chi connectivity index (χ3v) is 16.4. The van der Waals surface area contributed by atoms with Crippen molar-refractivity contribution >= 4 is 38.9 Å². The van der Waals surface area contributed by atoms with Gasteiger partial charge in [-0.3, -0.25) is 0 Å². The van der Waals surface area contributed by atoms with Gasteiger partial charge in [0.1, 0.15) is 0 Å². The summed E-state index contributed by atoms with van der Waals surface area (Å²) in [5.41, 5.74) is 27.0. The van der Waals surface area contributed by atoms with E-state index < -0.39 is 0 Å². The Bertz CT molecular complexity index is 4190. The van der Waals surface area contributed by atoms with Gasteiger partial charge < -0.3 is 9.47 Å². The number of aromatic nitrogens is 1. The van der Waals surface area contributed by atoms with Crippen LogP contribution in [-0.4, -0.2) is 4.57 Å². The molecule has 0 saturated carbocycles. The van der Waals surface area contributed by atoms with Gasteiger partial charge in [-0.2, -0.15) is 0 Å². The van der Waals surface area contributed by atoms with Crippen molar-refractivity contribution in [2.24, 2.45) is 7.05 Å². The molecule has 0 saturated heterocycles. The molecule has 13 aromatic rings. The number of hydrogen-bond donors (Lipinski definition) is 0. The minimum absolute atomic E-state index is 0.709. The Hall–Kier alpha value is -9.76. The van der Waals surface area contributed by atoms with Gasteiger partial charge in [0.05, 0.1) is 0 Å². The van der Waals surface area contributed by atoms with E-state index in [-0.39, 0.29) is 0 Å². The van der Waals surface area contributed by atoms with E-state index in [1.54, 1.807) is 0 Å². The molecule has 1 atom stereocenters. The quantitative estimate of drug-likeness (QED) is 0.118. The van der Waals surface area contributed by atoms with Gasteiger partial charge in [-0.1, -0.05) is 266 Å². The van der Waals surface area contributed by atoms with Crippen LogP contribution in [0.5, 0.6) is 0 Å². The van der Waals surface area contributed by atoms with Crippen LogP contribution < -0.4 is 4.90 Å². The third-order valence-electron chi connectivity index (χ3n) is 16.4. The summed E-state index contributed by atoms with van der Waals surface area (Å²) in [6.07, 6.45) is 1.23. The molecular weight excluding hydrogens is 1020 g/mol. The summed E-state index contributed by atoms with van der Waals surface area (Å²) in [6.45, 7) is 16.9. The molecule has 85 heavy (non-hydrogen) atoms. The maximum absolute atomic E-state index is 2.36. The first-order chi connectivity index (χ1) is 41.8. The number of anilines is 3. The Kier molecular flexibility index (Phi) is 18.9. The van der Waals surface area contributed by atoms with Gasteiger partial charge >= 0.3 is 0 Å². The topological polar surface area (TPSA) is 8.17 Å². The van der Waals surface area contributed by atoms with Crippen molar-refractivity contribution in [2.45, 2.75) is 67.7 Å². The molecule has 0 aliphatic rings. The fourth-order valence-electron chi connectivity index (χ4n) is 11.4. The Morgan fingerprint density at radius 2 is 0.600 bits per heavy atom. The van der Waals surface area contributed by atoms with E-state index in [1.165, 1.54) is 123 Å². The largest absolute Gasteiger partial charge is 0.344 e. The molecule has 0 N–H and O–H groups in total. The molecule has 0 aliphatic carbocycles. The maximum atomic E-state index is 2.36. The van der Waals surface area contributed by atoms with Crippen molar-refractivity contribution in [1.29, 1.82) is 0 Å². The highest BCUT2D eigenvalue weighted by atomic mass is 15.1. The first kappa shape index (κ1) is 58.4. The van der Waals surface area contributed by atoms with E-state index in [2.05, 4.69) is 335 Å². The molecule has 0 aliphatic heterocycles. The van der Waals surface area contributed by atoms with E-state index in [9.17, 15) is 0 Å². The van der Waals surface area contributed by atoms with E-state index >= 15 is 0 Å². The summed E-state index contributed by atoms with van der Waals surface area (Å²) in [5.74, 6) is 0.709. The molecule has 2 heteroatoms. The van der Waals surface area contributed by atoms with Gasteiger partial charge in [0, 0.05) is 45.9 Å². The number of rotatable bonds is 12. The Morgan fingerprint density at radius 1 is 0.306 bits per heavy atom. The van der Waals surface area contributed by atoms with Crippen LogP contribution in [-0.2, 0) is 7.05 Å². The molecule has 0 fully saturated rings. The molecule has 1 heterocycles. The lowest BCUT2D eigenvalue weighted by molar-refractivity contribution is 0.733. The number of aryl methyl sites for hydroxylation is 3. The lowest BCUT2D eigenvalue weighted by Gasteiger charge is -2.25. The van der Waals surface area contributed by atoms with E-state index in [1.807, 2.05) is 27.7 Å². The number of benzene rings is 12. The summed E-state index contributed by atoms with van der Waals surface area (Å²) in [7, 11) is 2.17. The molecule has 0 spiro atoms. The third kappa shape index (κ3) is 13.1. The first-order valence-corrected chi connectivity index (χ1v) is 30.4. The average Bonchev–Trinajstić information content (AvgIpc) is 2.30. The predicted octanol–water partition coefficient (Wildman–Crippen LogP) is 24.3. The zero-order valence-corrected chi connectivity index (χ0v) is 50.9. The van der Waals surface area contributed by atoms with Crippen LogP contribution in [0.1, 0.15) is 70.6 Å². The van der Waals surface area contributed by atoms with Crippen LogP contribution in [0.25, 0.3) is 99.7 Å². The van der Waals surface area contributed by atoms with Gasteiger partial charge in [-0.25, -0.2) is 0 Å². The highest BCUT2D eigenvalue weighted by Crippen LogP contribution is 2.39. The molecule has 0 amide bonds. The van der Waals surface area contributed by atoms with E-state index in [0.29, 0.717) is 5.92 Å². The summed E-state index contributed by atoms with van der Waals surface area (Å²) in [6, 6.07) is 106. The number of para-hydroxylation sites is 2. The average molecular weight is 1100 g/mol. The van der Waals surface area contributed by atoms with Crippen LogP contribution in [0.2, 0.25) is 0 Å². The monoisotopic (exact) mass is 1100 g/mol. The fourth-order valence-corrected chi connectivity index (χ4v) is 11.4. The van der Waals surface area contributed by atoms with Crippen molar-refractivity contribution in [1.82, 2.24) is 4.57 Å². The number of nitrogens with zero attached hydrogens (tertiary/aromatic N) is 2. The second kappa shape index (κ2) is 27.5. The minimum Gasteiger partial charge on any atom is -0.344 e. The molecule has 1 unspecified atom stereocenters. The molecule has 420 valence electrons. The Labute approximate surface area is 506 Å². The van der Waals surface area contributed by atoms with E-state index in [0.717, 1.165) is 17.1 Å². The smallest absolute Gasteiger partial charge is 0.0489 e. The highest BCUT2D eigenvalue weighted by molar-refractivity contribution is 6.10. The Morgan fingerprint density at radius 3 is 0.988 bits per heavy atom. The van der Waals surface area contributed by atoms with Crippen molar-refractivity contribution < 1.29 is 0 Å². The normalized spacial score (nSPS) is 11.1. The molecule has 1 aromatic heterocycles. The zero-order chi connectivity index (χ0) is 59.2. The molecule has 13 rings (SSSR count). The molecule has 2 nitrogen and oxygen atoms in total. The molecular formula is C83H78N2. The van der Waals surface area contributed by atoms with Gasteiger partial charge in [-0.05, 0) is 187 Å². The van der Waals surface area contributed by atoms with Gasteiger partial charge in [0.25, 0.3) is 0 Å². The van der Waals surface area contributed by atoms with Crippen LogP contribution in [0, 0.1) is 13.8 Å². The standard InChI is InChI=1S/C69H52N2.C10H14.2C2H6/c1-47-12-10-11-17-64(47)65-44-58(19-18-48(65)2)55-30-24-51(25-31-55)52-28-34-57(35-29-52)60-39-43-69-67(46-60)66-45-59(38-42-68(66)70(69)3)56-32-26-50(27-33-56)49-20-22-53(23-21-49)54-36-40-63(41-37-54)71(61-13-6-4-7-14-61)62-15-8-5-9-16-62;1-3-9(2)10-7-5-4-6-8-10;2*1-2/h4-46H,1-3H3;4-9H,3H2,1-2H3;2*1-2H3.